The molecular formula is C16H18O4S. The van der Waals surface area contributed by atoms with Gasteiger partial charge in [-0.3, -0.25) is 0 Å². The molecule has 0 N–H and O–H groups in total. The maximum absolute atomic E-state index is 12.6. The normalized spacial score (nSPS) is 12.7. The predicted octanol–water partition coefficient (Wildman–Crippen LogP) is 3.24. The van der Waals surface area contributed by atoms with Crippen molar-refractivity contribution in [2.45, 2.75) is 17.1 Å². The summed E-state index contributed by atoms with van der Waals surface area (Å²) in [4.78, 5) is 0.312. The summed E-state index contributed by atoms with van der Waals surface area (Å²) in [6.07, 6.45) is 0. The molecule has 21 heavy (non-hydrogen) atoms. The molecule has 0 saturated carbocycles. The molecule has 0 heterocycles. The van der Waals surface area contributed by atoms with Gasteiger partial charge in [0, 0.05) is 0 Å². The van der Waals surface area contributed by atoms with E-state index in [9.17, 15) is 8.42 Å². The Labute approximate surface area is 125 Å². The van der Waals surface area contributed by atoms with Crippen molar-refractivity contribution in [3.63, 3.8) is 0 Å². The van der Waals surface area contributed by atoms with Gasteiger partial charge in [-0.15, -0.1) is 0 Å². The molecule has 0 bridgehead atoms. The molecule has 2 rings (SSSR count). The summed E-state index contributed by atoms with van der Waals surface area (Å²) in [6, 6.07) is 13.6. The second-order valence-corrected chi connectivity index (χ2v) is 6.88. The van der Waals surface area contributed by atoms with E-state index in [1.165, 1.54) is 7.11 Å². The van der Waals surface area contributed by atoms with Crippen LogP contribution in [0.4, 0.5) is 0 Å². The van der Waals surface area contributed by atoms with E-state index in [1.807, 2.05) is 0 Å². The fourth-order valence-electron chi connectivity index (χ4n) is 2.10. The van der Waals surface area contributed by atoms with Crippen molar-refractivity contribution in [3.05, 3.63) is 54.1 Å². The minimum Gasteiger partial charge on any atom is -0.493 e. The van der Waals surface area contributed by atoms with Gasteiger partial charge in [-0.1, -0.05) is 24.3 Å². The molecule has 0 amide bonds. The van der Waals surface area contributed by atoms with Crippen molar-refractivity contribution >= 4 is 9.84 Å². The number of hydrogen-bond acceptors (Lipinski definition) is 4. The highest BCUT2D eigenvalue weighted by molar-refractivity contribution is 7.91. The standard InChI is InChI=1S/C16H18O4S/c1-12(21(17,18)14-7-5-4-6-8-14)13-9-10-15(19-2)16(11-13)20-3/h4-12H,1-3H3. The van der Waals surface area contributed by atoms with Gasteiger partial charge in [-0.05, 0) is 36.8 Å². The Morgan fingerprint density at radius 1 is 0.905 bits per heavy atom. The Balaban J connectivity index is 2.42. The third kappa shape index (κ3) is 3.03. The Hall–Kier alpha value is -2.01. The highest BCUT2D eigenvalue weighted by Gasteiger charge is 2.25. The fourth-order valence-corrected chi connectivity index (χ4v) is 3.55. The maximum atomic E-state index is 12.6. The van der Waals surface area contributed by atoms with E-state index in [-0.39, 0.29) is 0 Å². The molecule has 1 atom stereocenters. The largest absolute Gasteiger partial charge is 0.493 e. The van der Waals surface area contributed by atoms with Crippen molar-refractivity contribution in [1.82, 2.24) is 0 Å². The number of ether oxygens (including phenoxy) is 2. The van der Waals surface area contributed by atoms with Crippen LogP contribution in [0.25, 0.3) is 0 Å². The zero-order valence-electron chi connectivity index (χ0n) is 12.2. The summed E-state index contributed by atoms with van der Waals surface area (Å²) < 4.78 is 35.6. The molecule has 0 aliphatic rings. The SMILES string of the molecule is COc1ccc(C(C)S(=O)(=O)c2ccccc2)cc1OC. The fraction of sp³-hybridized carbons (Fsp3) is 0.250. The minimum atomic E-state index is -3.43. The number of methoxy groups -OCH3 is 2. The van der Waals surface area contributed by atoms with E-state index in [0.29, 0.717) is 22.0 Å². The monoisotopic (exact) mass is 306 g/mol. The van der Waals surface area contributed by atoms with Crippen LogP contribution in [0.1, 0.15) is 17.7 Å². The van der Waals surface area contributed by atoms with Gasteiger partial charge in [0.25, 0.3) is 0 Å². The topological polar surface area (TPSA) is 52.6 Å². The molecule has 0 aliphatic carbocycles. The van der Waals surface area contributed by atoms with E-state index >= 15 is 0 Å². The van der Waals surface area contributed by atoms with Gasteiger partial charge in [0.05, 0.1) is 24.4 Å². The molecule has 5 heteroatoms. The van der Waals surface area contributed by atoms with Gasteiger partial charge in [0.2, 0.25) is 0 Å². The molecule has 0 radical (unpaired) electrons. The molecule has 0 spiro atoms. The Morgan fingerprint density at radius 3 is 2.10 bits per heavy atom. The highest BCUT2D eigenvalue weighted by atomic mass is 32.2. The molecule has 0 fully saturated rings. The first-order valence-electron chi connectivity index (χ1n) is 6.51. The Kier molecular flexibility index (Phi) is 4.53. The molecule has 2 aromatic rings. The average molecular weight is 306 g/mol. The first-order valence-corrected chi connectivity index (χ1v) is 8.06. The first kappa shape index (κ1) is 15.4. The molecule has 0 saturated heterocycles. The van der Waals surface area contributed by atoms with Crippen molar-refractivity contribution in [2.24, 2.45) is 0 Å². The van der Waals surface area contributed by atoms with Crippen LogP contribution in [0.3, 0.4) is 0 Å². The molecule has 2 aromatic carbocycles. The number of rotatable bonds is 5. The Bertz CT molecular complexity index is 708. The smallest absolute Gasteiger partial charge is 0.185 e. The van der Waals surface area contributed by atoms with Crippen LogP contribution in [0.2, 0.25) is 0 Å². The third-order valence-corrected chi connectivity index (χ3v) is 5.55. The van der Waals surface area contributed by atoms with E-state index < -0.39 is 15.1 Å². The van der Waals surface area contributed by atoms with Gasteiger partial charge in [0.15, 0.2) is 21.3 Å². The summed E-state index contributed by atoms with van der Waals surface area (Å²) in [5.41, 5.74) is 0.663. The van der Waals surface area contributed by atoms with Crippen LogP contribution >= 0.6 is 0 Å². The molecule has 112 valence electrons. The highest BCUT2D eigenvalue weighted by Crippen LogP contribution is 2.34. The minimum absolute atomic E-state index is 0.312. The van der Waals surface area contributed by atoms with Crippen LogP contribution in [0.5, 0.6) is 11.5 Å². The molecule has 4 nitrogen and oxygen atoms in total. The van der Waals surface area contributed by atoms with Crippen molar-refractivity contribution in [3.8, 4) is 11.5 Å². The van der Waals surface area contributed by atoms with Crippen LogP contribution in [0.15, 0.2) is 53.4 Å². The Morgan fingerprint density at radius 2 is 1.52 bits per heavy atom. The second-order valence-electron chi connectivity index (χ2n) is 4.61. The first-order chi connectivity index (χ1) is 10.0. The molecule has 0 aliphatic heterocycles. The van der Waals surface area contributed by atoms with Crippen LogP contribution in [-0.2, 0) is 9.84 Å². The van der Waals surface area contributed by atoms with E-state index in [2.05, 4.69) is 0 Å². The van der Waals surface area contributed by atoms with Gasteiger partial charge in [0.1, 0.15) is 0 Å². The lowest BCUT2D eigenvalue weighted by molar-refractivity contribution is 0.354. The number of hydrogen-bond donors (Lipinski definition) is 0. The predicted molar refractivity (Wildman–Crippen MR) is 81.6 cm³/mol. The van der Waals surface area contributed by atoms with E-state index in [4.69, 9.17) is 9.47 Å². The zero-order chi connectivity index (χ0) is 15.5. The lowest BCUT2D eigenvalue weighted by Crippen LogP contribution is -2.10. The second kappa shape index (κ2) is 6.18. The van der Waals surface area contributed by atoms with Gasteiger partial charge < -0.3 is 9.47 Å². The zero-order valence-corrected chi connectivity index (χ0v) is 13.1. The summed E-state index contributed by atoms with van der Waals surface area (Å²) in [5, 5.41) is -0.667. The van der Waals surface area contributed by atoms with Gasteiger partial charge in [-0.25, -0.2) is 8.42 Å². The quantitative estimate of drug-likeness (QED) is 0.851. The van der Waals surface area contributed by atoms with Gasteiger partial charge >= 0.3 is 0 Å². The lowest BCUT2D eigenvalue weighted by Gasteiger charge is -2.15. The van der Waals surface area contributed by atoms with Gasteiger partial charge in [-0.2, -0.15) is 0 Å². The maximum Gasteiger partial charge on any atom is 0.185 e. The molecule has 0 aromatic heterocycles. The summed E-state index contributed by atoms with van der Waals surface area (Å²) in [6.45, 7) is 1.67. The molecular weight excluding hydrogens is 288 g/mol. The summed E-state index contributed by atoms with van der Waals surface area (Å²) >= 11 is 0. The molecule has 1 unspecified atom stereocenters. The van der Waals surface area contributed by atoms with E-state index in [0.717, 1.165) is 0 Å². The van der Waals surface area contributed by atoms with Crippen LogP contribution < -0.4 is 9.47 Å². The third-order valence-electron chi connectivity index (χ3n) is 3.41. The summed E-state index contributed by atoms with van der Waals surface area (Å²) in [5.74, 6) is 1.09. The van der Waals surface area contributed by atoms with Crippen LogP contribution in [0, 0.1) is 0 Å². The number of sulfone groups is 1. The average Bonchev–Trinajstić information content (AvgIpc) is 2.54. The lowest BCUT2D eigenvalue weighted by atomic mass is 10.1. The summed E-state index contributed by atoms with van der Waals surface area (Å²) in [7, 11) is -0.364. The van der Waals surface area contributed by atoms with E-state index in [1.54, 1.807) is 62.6 Å². The van der Waals surface area contributed by atoms with Crippen LogP contribution in [-0.4, -0.2) is 22.6 Å². The van der Waals surface area contributed by atoms with Crippen molar-refractivity contribution in [2.75, 3.05) is 14.2 Å². The van der Waals surface area contributed by atoms with Crippen molar-refractivity contribution in [1.29, 1.82) is 0 Å². The number of benzene rings is 2. The van der Waals surface area contributed by atoms with Crippen molar-refractivity contribution < 1.29 is 17.9 Å².